The highest BCUT2D eigenvalue weighted by Crippen LogP contribution is 2.53. The van der Waals surface area contributed by atoms with E-state index in [1.165, 1.54) is 54.6 Å². The monoisotopic (exact) mass is 673 g/mol. The number of thiocarbonyl (C=S) groups is 1. The molecule has 0 fully saturated rings. The molecule has 1 aliphatic heterocycles. The second-order valence-corrected chi connectivity index (χ2v) is 12.1. The normalized spacial score (nSPS) is 19.9. The Bertz CT molecular complexity index is 2250. The van der Waals surface area contributed by atoms with Gasteiger partial charge >= 0.3 is 0 Å². The predicted molar refractivity (Wildman–Crippen MR) is 181 cm³/mol. The lowest BCUT2D eigenvalue weighted by molar-refractivity contribution is -0.385. The zero-order valence-electron chi connectivity index (χ0n) is 25.2. The summed E-state index contributed by atoms with van der Waals surface area (Å²) >= 11 is 5.63. The van der Waals surface area contributed by atoms with Crippen molar-refractivity contribution in [2.45, 2.75) is 18.4 Å². The maximum atomic E-state index is 14.6. The van der Waals surface area contributed by atoms with E-state index in [0.29, 0.717) is 44.5 Å². The molecule has 0 saturated carbocycles. The van der Waals surface area contributed by atoms with Gasteiger partial charge in [0, 0.05) is 71.1 Å². The number of fused-ring (bicyclic) bond motifs is 2. The predicted octanol–water partition coefficient (Wildman–Crippen LogP) is 6.36. The fourth-order valence-electron chi connectivity index (χ4n) is 7.05. The zero-order valence-corrected chi connectivity index (χ0v) is 26.0. The molecular formula is C35H23N5O8S. The summed E-state index contributed by atoms with van der Waals surface area (Å²) in [5.41, 5.74) is 2.76. The van der Waals surface area contributed by atoms with Crippen molar-refractivity contribution >= 4 is 57.1 Å². The van der Waals surface area contributed by atoms with Crippen LogP contribution in [0.5, 0.6) is 0 Å². The summed E-state index contributed by atoms with van der Waals surface area (Å²) in [6.07, 6.45) is -0.136. The molecule has 0 bridgehead atoms. The molecule has 1 heterocycles. The summed E-state index contributed by atoms with van der Waals surface area (Å²) in [5, 5.41) is 41.9. The summed E-state index contributed by atoms with van der Waals surface area (Å²) < 4.78 is 0. The number of nitrogens with one attached hydrogen (secondary N) is 2. The third-order valence-corrected chi connectivity index (χ3v) is 9.26. The van der Waals surface area contributed by atoms with Crippen LogP contribution in [-0.2, 0) is 4.79 Å². The second-order valence-electron chi connectivity index (χ2n) is 11.7. The van der Waals surface area contributed by atoms with Crippen LogP contribution in [0.1, 0.15) is 51.0 Å². The van der Waals surface area contributed by atoms with Crippen molar-refractivity contribution in [3.8, 4) is 0 Å². The van der Waals surface area contributed by atoms with Crippen LogP contribution in [0.25, 0.3) is 11.1 Å². The van der Waals surface area contributed by atoms with Gasteiger partial charge < -0.3 is 10.6 Å². The van der Waals surface area contributed by atoms with Gasteiger partial charge in [0.1, 0.15) is 5.78 Å². The number of carbonyl (C=O) groups is 2. The Kier molecular flexibility index (Phi) is 7.64. The van der Waals surface area contributed by atoms with Gasteiger partial charge in [-0.15, -0.1) is 0 Å². The molecule has 3 unspecified atom stereocenters. The van der Waals surface area contributed by atoms with Gasteiger partial charge in [0.05, 0.1) is 26.7 Å². The molecule has 242 valence electrons. The van der Waals surface area contributed by atoms with Gasteiger partial charge in [0.2, 0.25) is 0 Å². The maximum absolute atomic E-state index is 14.6. The van der Waals surface area contributed by atoms with Crippen molar-refractivity contribution in [3.63, 3.8) is 0 Å². The molecule has 2 N–H and O–H groups in total. The first kappa shape index (κ1) is 31.2. The van der Waals surface area contributed by atoms with Gasteiger partial charge in [0.25, 0.3) is 17.1 Å². The van der Waals surface area contributed by atoms with Gasteiger partial charge in [-0.1, -0.05) is 60.7 Å². The van der Waals surface area contributed by atoms with Crippen LogP contribution >= 0.6 is 12.2 Å². The molecule has 14 heteroatoms. The van der Waals surface area contributed by atoms with Crippen molar-refractivity contribution in [2.24, 2.45) is 5.92 Å². The smallest absolute Gasteiger partial charge is 0.270 e. The summed E-state index contributed by atoms with van der Waals surface area (Å²) in [7, 11) is 0. The first-order valence-electron chi connectivity index (χ1n) is 15.0. The van der Waals surface area contributed by atoms with E-state index in [1.54, 1.807) is 42.5 Å². The summed E-state index contributed by atoms with van der Waals surface area (Å²) in [6.45, 7) is 0. The van der Waals surface area contributed by atoms with Crippen molar-refractivity contribution in [2.75, 3.05) is 0 Å². The number of hydrogen-bond acceptors (Lipinski definition) is 9. The SMILES string of the molecule is O=C1C2=C(CC(=O)C(C3=C(c4cccc([N+](=O)[O-])c4)C(c4cccc([N+](=O)[O-])c4)NC(=S)N3)C2c2cccc([N+](=O)[O-])c2)c2ccccc21. The van der Waals surface area contributed by atoms with Gasteiger partial charge in [0.15, 0.2) is 10.9 Å². The van der Waals surface area contributed by atoms with Crippen LogP contribution in [0.3, 0.4) is 0 Å². The number of Topliss-reactive ketones (excluding diaryl/α,β-unsaturated/α-hetero) is 2. The molecular weight excluding hydrogens is 650 g/mol. The Morgan fingerprint density at radius 2 is 1.22 bits per heavy atom. The molecule has 0 amide bonds. The summed E-state index contributed by atoms with van der Waals surface area (Å²) in [6, 6.07) is 23.3. The van der Waals surface area contributed by atoms with Gasteiger partial charge in [-0.05, 0) is 40.0 Å². The minimum Gasteiger partial charge on any atom is -0.351 e. The van der Waals surface area contributed by atoms with E-state index >= 15 is 0 Å². The third kappa shape index (κ3) is 5.33. The molecule has 0 radical (unpaired) electrons. The minimum absolute atomic E-state index is 0.0621. The number of nitrogens with zero attached hydrogens (tertiary/aromatic N) is 3. The number of hydrogen-bond donors (Lipinski definition) is 2. The van der Waals surface area contributed by atoms with Gasteiger partial charge in [-0.25, -0.2) is 0 Å². The van der Waals surface area contributed by atoms with E-state index in [2.05, 4.69) is 10.6 Å². The molecule has 0 aromatic heterocycles. The first-order valence-corrected chi connectivity index (χ1v) is 15.4. The number of non-ortho nitro benzene ring substituents is 3. The van der Waals surface area contributed by atoms with E-state index in [-0.39, 0.29) is 45.9 Å². The van der Waals surface area contributed by atoms with Crippen LogP contribution < -0.4 is 10.6 Å². The molecule has 3 aliphatic rings. The van der Waals surface area contributed by atoms with E-state index in [9.17, 15) is 39.9 Å². The van der Waals surface area contributed by atoms with E-state index in [4.69, 9.17) is 12.2 Å². The Labute approximate surface area is 282 Å². The van der Waals surface area contributed by atoms with Crippen LogP contribution in [0.15, 0.2) is 108 Å². The molecule has 4 aromatic rings. The second kappa shape index (κ2) is 12.0. The molecule has 0 spiro atoms. The third-order valence-electron chi connectivity index (χ3n) is 9.04. The van der Waals surface area contributed by atoms with Crippen LogP contribution in [0.2, 0.25) is 0 Å². The van der Waals surface area contributed by atoms with Crippen molar-refractivity contribution < 1.29 is 24.4 Å². The Hall–Kier alpha value is -6.41. The van der Waals surface area contributed by atoms with E-state index < -0.39 is 32.6 Å². The average molecular weight is 674 g/mol. The number of benzene rings is 4. The first-order chi connectivity index (χ1) is 23.5. The number of ketones is 2. The lowest BCUT2D eigenvalue weighted by Gasteiger charge is -2.40. The quantitative estimate of drug-likeness (QED) is 0.126. The van der Waals surface area contributed by atoms with E-state index in [0.717, 1.165) is 0 Å². The molecule has 0 saturated heterocycles. The fraction of sp³-hybridized carbons (Fsp3) is 0.114. The lowest BCUT2D eigenvalue weighted by Crippen LogP contribution is -2.48. The highest BCUT2D eigenvalue weighted by atomic mass is 32.1. The highest BCUT2D eigenvalue weighted by Gasteiger charge is 2.49. The molecule has 3 atom stereocenters. The largest absolute Gasteiger partial charge is 0.351 e. The number of allylic oxidation sites excluding steroid dienone is 3. The Morgan fingerprint density at radius 3 is 1.88 bits per heavy atom. The van der Waals surface area contributed by atoms with Crippen LogP contribution in [0.4, 0.5) is 17.1 Å². The maximum Gasteiger partial charge on any atom is 0.270 e. The van der Waals surface area contributed by atoms with Crippen molar-refractivity contribution in [1.29, 1.82) is 0 Å². The van der Waals surface area contributed by atoms with Gasteiger partial charge in [-0.3, -0.25) is 39.9 Å². The standard InChI is InChI=1S/C35H23N5O8S/c41-27-17-26-24-12-1-2-13-25(24)34(42)30(26)28(18-6-3-9-21(14-18)38(43)44)31(27)33-29(19-7-4-10-22(15-19)39(45)46)32(36-35(49)37-33)20-8-5-11-23(16-20)40(47)48/h1-16,28,31-32H,17H2,(H2,36,37,49). The lowest BCUT2D eigenvalue weighted by atomic mass is 9.67. The topological polar surface area (TPSA) is 188 Å². The molecule has 4 aromatic carbocycles. The van der Waals surface area contributed by atoms with Crippen LogP contribution in [-0.4, -0.2) is 31.4 Å². The number of carbonyl (C=O) groups excluding carboxylic acids is 2. The van der Waals surface area contributed by atoms with Crippen LogP contribution in [0, 0.1) is 36.3 Å². The Morgan fingerprint density at radius 1 is 0.653 bits per heavy atom. The number of nitro benzene ring substituents is 3. The van der Waals surface area contributed by atoms with E-state index in [1.807, 2.05) is 0 Å². The minimum atomic E-state index is -1.17. The Balaban J connectivity index is 1.53. The van der Waals surface area contributed by atoms with Gasteiger partial charge in [-0.2, -0.15) is 0 Å². The number of rotatable bonds is 7. The average Bonchev–Trinajstić information content (AvgIpc) is 3.38. The molecule has 13 nitrogen and oxygen atoms in total. The zero-order chi connectivity index (χ0) is 34.6. The number of nitro groups is 3. The highest BCUT2D eigenvalue weighted by molar-refractivity contribution is 7.80. The summed E-state index contributed by atoms with van der Waals surface area (Å²) in [4.78, 5) is 62.6. The fourth-order valence-corrected chi connectivity index (χ4v) is 7.28. The molecule has 2 aliphatic carbocycles. The van der Waals surface area contributed by atoms with Crippen molar-refractivity contribution in [3.05, 3.63) is 166 Å². The van der Waals surface area contributed by atoms with Crippen molar-refractivity contribution in [1.82, 2.24) is 10.6 Å². The molecule has 7 rings (SSSR count). The molecule has 49 heavy (non-hydrogen) atoms. The summed E-state index contributed by atoms with van der Waals surface area (Å²) in [5.74, 6) is -2.84.